The number of hydrogen-bond acceptors (Lipinski definition) is 4. The third-order valence-electron chi connectivity index (χ3n) is 4.37. The molecule has 0 aliphatic heterocycles. The second kappa shape index (κ2) is 9.58. The van der Waals surface area contributed by atoms with E-state index in [0.29, 0.717) is 21.4 Å². The van der Waals surface area contributed by atoms with Crippen molar-refractivity contribution in [3.8, 4) is 5.69 Å². The van der Waals surface area contributed by atoms with Crippen molar-refractivity contribution in [3.63, 3.8) is 0 Å². The summed E-state index contributed by atoms with van der Waals surface area (Å²) in [6.07, 6.45) is 1.72. The highest BCUT2D eigenvalue weighted by Gasteiger charge is 2.37. The monoisotopic (exact) mass is 462 g/mol. The van der Waals surface area contributed by atoms with Gasteiger partial charge < -0.3 is 15.1 Å². The second-order valence-electron chi connectivity index (χ2n) is 7.65. The summed E-state index contributed by atoms with van der Waals surface area (Å²) in [7, 11) is -4.60. The summed E-state index contributed by atoms with van der Waals surface area (Å²) in [6, 6.07) is 4.43. The van der Waals surface area contributed by atoms with Crippen molar-refractivity contribution in [1.29, 1.82) is 0 Å². The molecule has 0 saturated heterocycles. The fraction of sp³-hybridized carbons (Fsp3) is 0.500. The third kappa shape index (κ3) is 6.27. The van der Waals surface area contributed by atoms with Gasteiger partial charge in [0, 0.05) is 0 Å². The number of carbonyl (C=O) groups is 1. The molecule has 2 atom stereocenters. The Morgan fingerprint density at radius 1 is 1.21 bits per heavy atom. The van der Waals surface area contributed by atoms with Gasteiger partial charge in [-0.15, -0.1) is 5.10 Å². The van der Waals surface area contributed by atoms with Gasteiger partial charge in [-0.1, -0.05) is 56.1 Å². The Morgan fingerprint density at radius 3 is 2.38 bits per heavy atom. The van der Waals surface area contributed by atoms with Crippen molar-refractivity contribution >= 4 is 36.7 Å². The van der Waals surface area contributed by atoms with Crippen LogP contribution in [0.4, 0.5) is 0 Å². The van der Waals surface area contributed by atoms with Crippen LogP contribution in [0.5, 0.6) is 0 Å². The van der Waals surface area contributed by atoms with Gasteiger partial charge in [0.25, 0.3) is 0 Å². The SMILES string of the molecule is CC(C)CC(C(=O)N[C@H](c1cn(-c2ccc(Cl)c(Cl)c2)nn1)C(C)C)P(=O)(O)O. The zero-order valence-corrected chi connectivity index (χ0v) is 19.0. The highest BCUT2D eigenvalue weighted by molar-refractivity contribution is 7.53. The molecule has 0 bridgehead atoms. The lowest BCUT2D eigenvalue weighted by molar-refractivity contribution is -0.122. The van der Waals surface area contributed by atoms with Crippen molar-refractivity contribution < 1.29 is 19.1 Å². The second-order valence-corrected chi connectivity index (χ2v) is 10.3. The fourth-order valence-electron chi connectivity index (χ4n) is 2.85. The van der Waals surface area contributed by atoms with Crippen LogP contribution in [0, 0.1) is 11.8 Å². The topological polar surface area (TPSA) is 117 Å². The highest BCUT2D eigenvalue weighted by atomic mass is 35.5. The standard InChI is InChI=1S/C18H25Cl2N4O4P/c1-10(2)7-16(29(26,27)28)18(25)21-17(11(3)4)15-9-24(23-22-15)12-5-6-13(19)14(20)8-12/h5-6,8-11,16-17H,7H2,1-4H3,(H,21,25)(H2,26,27,28)/t16?,17-/m0/s1. The summed E-state index contributed by atoms with van der Waals surface area (Å²) in [5.74, 6) is -0.837. The highest BCUT2D eigenvalue weighted by Crippen LogP contribution is 2.44. The Hall–Kier alpha value is -1.44. The van der Waals surface area contributed by atoms with E-state index >= 15 is 0 Å². The molecule has 11 heteroatoms. The van der Waals surface area contributed by atoms with Crippen LogP contribution in [-0.4, -0.2) is 36.3 Å². The largest absolute Gasteiger partial charge is 0.347 e. The first kappa shape index (κ1) is 23.8. The quantitative estimate of drug-likeness (QED) is 0.510. The number of rotatable bonds is 8. The molecule has 0 radical (unpaired) electrons. The molecule has 1 aromatic heterocycles. The van der Waals surface area contributed by atoms with Gasteiger partial charge >= 0.3 is 7.60 Å². The maximum absolute atomic E-state index is 12.7. The zero-order valence-electron chi connectivity index (χ0n) is 16.6. The number of carbonyl (C=O) groups excluding carboxylic acids is 1. The number of hydrogen-bond donors (Lipinski definition) is 3. The van der Waals surface area contributed by atoms with E-state index in [0.717, 1.165) is 0 Å². The molecule has 0 saturated carbocycles. The number of amides is 1. The molecular formula is C18H25Cl2N4O4P. The molecule has 2 aromatic rings. The number of halogens is 2. The number of nitrogens with zero attached hydrogens (tertiary/aromatic N) is 3. The van der Waals surface area contributed by atoms with Crippen LogP contribution in [0.15, 0.2) is 24.4 Å². The molecule has 1 unspecified atom stereocenters. The van der Waals surface area contributed by atoms with E-state index in [-0.39, 0.29) is 18.3 Å². The van der Waals surface area contributed by atoms with Crippen LogP contribution in [0.2, 0.25) is 10.0 Å². The molecule has 160 valence electrons. The molecular weight excluding hydrogens is 438 g/mol. The van der Waals surface area contributed by atoms with Gasteiger partial charge in [0.2, 0.25) is 5.91 Å². The molecule has 1 amide bonds. The zero-order chi connectivity index (χ0) is 21.9. The summed E-state index contributed by atoms with van der Waals surface area (Å²) in [6.45, 7) is 7.35. The Morgan fingerprint density at radius 2 is 1.86 bits per heavy atom. The van der Waals surface area contributed by atoms with Crippen LogP contribution in [-0.2, 0) is 9.36 Å². The van der Waals surface area contributed by atoms with Crippen molar-refractivity contribution in [2.75, 3.05) is 0 Å². The van der Waals surface area contributed by atoms with Crippen molar-refractivity contribution in [2.45, 2.75) is 45.8 Å². The predicted octanol–water partition coefficient (Wildman–Crippen LogP) is 3.98. The molecule has 0 fully saturated rings. The number of benzene rings is 1. The molecule has 0 spiro atoms. The van der Waals surface area contributed by atoms with E-state index < -0.39 is 25.2 Å². The lowest BCUT2D eigenvalue weighted by Crippen LogP contribution is -2.39. The van der Waals surface area contributed by atoms with Gasteiger partial charge in [0.1, 0.15) is 11.4 Å². The third-order valence-corrected chi connectivity index (χ3v) is 6.36. The van der Waals surface area contributed by atoms with Crippen LogP contribution >= 0.6 is 30.8 Å². The smallest absolute Gasteiger partial charge is 0.337 e. The summed E-state index contributed by atoms with van der Waals surface area (Å²) >= 11 is 12.0. The normalized spacial score (nSPS) is 14.3. The molecule has 2 rings (SSSR count). The number of aromatic nitrogens is 3. The lowest BCUT2D eigenvalue weighted by Gasteiger charge is -2.25. The van der Waals surface area contributed by atoms with Crippen molar-refractivity contribution in [2.24, 2.45) is 11.8 Å². The molecule has 3 N–H and O–H groups in total. The van der Waals surface area contributed by atoms with Gasteiger partial charge in [-0.25, -0.2) is 4.68 Å². The first-order chi connectivity index (χ1) is 13.4. The molecule has 0 aliphatic carbocycles. The fourth-order valence-corrected chi connectivity index (χ4v) is 4.22. The van der Waals surface area contributed by atoms with E-state index in [4.69, 9.17) is 23.2 Å². The van der Waals surface area contributed by atoms with Gasteiger partial charge in [-0.2, -0.15) is 0 Å². The van der Waals surface area contributed by atoms with Crippen molar-refractivity contribution in [1.82, 2.24) is 20.3 Å². The first-order valence-corrected chi connectivity index (χ1v) is 11.6. The van der Waals surface area contributed by atoms with E-state index in [2.05, 4.69) is 15.6 Å². The van der Waals surface area contributed by atoms with Gasteiger partial charge in [0.15, 0.2) is 0 Å². The minimum absolute atomic E-state index is 0.0496. The molecule has 1 aromatic carbocycles. The molecule has 29 heavy (non-hydrogen) atoms. The Kier molecular flexibility index (Phi) is 7.87. The average Bonchev–Trinajstić information content (AvgIpc) is 3.08. The summed E-state index contributed by atoms with van der Waals surface area (Å²) in [5, 5.41) is 11.7. The van der Waals surface area contributed by atoms with Gasteiger partial charge in [0.05, 0.1) is 28.0 Å². The lowest BCUT2D eigenvalue weighted by atomic mass is 10.0. The maximum atomic E-state index is 12.7. The van der Waals surface area contributed by atoms with E-state index in [9.17, 15) is 19.1 Å². The van der Waals surface area contributed by atoms with Crippen LogP contribution in [0.3, 0.4) is 0 Å². The predicted molar refractivity (Wildman–Crippen MR) is 112 cm³/mol. The van der Waals surface area contributed by atoms with Crippen LogP contribution in [0.1, 0.15) is 45.9 Å². The molecule has 8 nitrogen and oxygen atoms in total. The van der Waals surface area contributed by atoms with Crippen LogP contribution in [0.25, 0.3) is 5.69 Å². The van der Waals surface area contributed by atoms with E-state index in [1.165, 1.54) is 4.68 Å². The van der Waals surface area contributed by atoms with Gasteiger partial charge in [-0.3, -0.25) is 9.36 Å². The van der Waals surface area contributed by atoms with Gasteiger partial charge in [-0.05, 0) is 36.5 Å². The summed E-state index contributed by atoms with van der Waals surface area (Å²) in [4.78, 5) is 31.9. The minimum Gasteiger partial charge on any atom is -0.347 e. The van der Waals surface area contributed by atoms with E-state index in [1.807, 2.05) is 13.8 Å². The average molecular weight is 463 g/mol. The summed E-state index contributed by atoms with van der Waals surface area (Å²) in [5.41, 5.74) is -0.304. The summed E-state index contributed by atoms with van der Waals surface area (Å²) < 4.78 is 13.3. The Balaban J connectivity index is 2.28. The molecule has 1 heterocycles. The van der Waals surface area contributed by atoms with E-state index in [1.54, 1.807) is 38.2 Å². The Labute approximate surface area is 179 Å². The van der Waals surface area contributed by atoms with Crippen molar-refractivity contribution in [3.05, 3.63) is 40.1 Å². The van der Waals surface area contributed by atoms with Crippen LogP contribution < -0.4 is 5.32 Å². The molecule has 0 aliphatic rings. The minimum atomic E-state index is -4.60. The number of nitrogens with one attached hydrogen (secondary N) is 1. The maximum Gasteiger partial charge on any atom is 0.337 e. The first-order valence-electron chi connectivity index (χ1n) is 9.13. The Bertz CT molecular complexity index is 913.